The number of carbonyl (C=O) groups excluding carboxylic acids is 3. The number of imidazole rings is 1. The molecule has 25 nitrogen and oxygen atoms in total. The number of aliphatic hydroxyl groups excluding tert-OH is 3. The molecule has 0 spiro atoms. The van der Waals surface area contributed by atoms with Gasteiger partial charge in [0.15, 0.2) is 22.8 Å². The van der Waals surface area contributed by atoms with Gasteiger partial charge in [0.05, 0.1) is 31.6 Å². The molecule has 3 rings (SSSR count). The maximum atomic E-state index is 12.7. The number of ether oxygens (including phenoxy) is 1. The number of nitrogens with one attached hydrogen (secondary N) is 2. The average molecular weight is 891 g/mol. The smallest absolute Gasteiger partial charge is 0.393 e. The van der Waals surface area contributed by atoms with Crippen LogP contribution in [-0.2, 0) is 50.7 Å². The first-order chi connectivity index (χ1) is 25.3. The Balaban J connectivity index is 0.0000108. The molecule has 1 aliphatic rings. The van der Waals surface area contributed by atoms with Gasteiger partial charge in [0.25, 0.3) is 0 Å². The van der Waals surface area contributed by atoms with Crippen molar-refractivity contribution < 1.29 is 85.6 Å². The first-order valence-electron chi connectivity index (χ1n) is 16.1. The molecule has 4 unspecified atom stereocenters. The van der Waals surface area contributed by atoms with Crippen LogP contribution in [0.15, 0.2) is 12.7 Å². The Kier molecular flexibility index (Phi) is 19.1. The fourth-order valence-corrected chi connectivity index (χ4v) is 8.30. The van der Waals surface area contributed by atoms with Crippen LogP contribution in [0.1, 0.15) is 40.3 Å². The maximum absolute atomic E-state index is 12.7. The van der Waals surface area contributed by atoms with Crippen LogP contribution in [0, 0.1) is 11.3 Å². The van der Waals surface area contributed by atoms with Crippen LogP contribution in [0.4, 0.5) is 5.82 Å². The third-order valence-electron chi connectivity index (χ3n) is 7.84. The molecule has 0 aliphatic carbocycles. The molecule has 0 bridgehead atoms. The Labute approximate surface area is 345 Å². The second kappa shape index (κ2) is 21.2. The van der Waals surface area contributed by atoms with E-state index >= 15 is 0 Å². The Bertz CT molecular complexity index is 1820. The van der Waals surface area contributed by atoms with Crippen molar-refractivity contribution in [2.75, 3.05) is 37.8 Å². The van der Waals surface area contributed by atoms with Gasteiger partial charge < -0.3 is 56.0 Å². The molecule has 11 N–H and O–H groups in total. The van der Waals surface area contributed by atoms with Crippen molar-refractivity contribution >= 4 is 98.7 Å². The third kappa shape index (κ3) is 15.0. The van der Waals surface area contributed by atoms with E-state index in [1.165, 1.54) is 20.8 Å². The van der Waals surface area contributed by atoms with Gasteiger partial charge in [-0.15, -0.1) is 0 Å². The Hall–Kier alpha value is -1.48. The normalized spacial score (nSPS) is 22.6. The Morgan fingerprint density at radius 3 is 2.30 bits per heavy atom. The van der Waals surface area contributed by atoms with E-state index in [9.17, 15) is 63.0 Å². The van der Waals surface area contributed by atoms with E-state index in [0.29, 0.717) is 0 Å². The van der Waals surface area contributed by atoms with E-state index in [1.54, 1.807) is 6.92 Å². The Morgan fingerprint density at radius 1 is 1.04 bits per heavy atom. The average Bonchev–Trinajstić information content (AvgIpc) is 3.64. The molecule has 2 aromatic heterocycles. The summed E-state index contributed by atoms with van der Waals surface area (Å²) in [5.41, 5.74) is 4.23. The zero-order chi connectivity index (χ0) is 41.5. The molecule has 1 fully saturated rings. The molecule has 56 heavy (non-hydrogen) atoms. The first kappa shape index (κ1) is 50.7. The van der Waals surface area contributed by atoms with Crippen molar-refractivity contribution in [1.29, 1.82) is 0 Å². The number of anilines is 1. The van der Waals surface area contributed by atoms with Crippen molar-refractivity contribution in [1.82, 2.24) is 30.2 Å². The summed E-state index contributed by atoms with van der Waals surface area (Å²) < 4.78 is 62.0. The number of amides is 2. The van der Waals surface area contributed by atoms with Crippen LogP contribution in [0.25, 0.3) is 11.2 Å². The summed E-state index contributed by atoms with van der Waals surface area (Å²) in [7, 11) is -16.4. The summed E-state index contributed by atoms with van der Waals surface area (Å²) in [6, 6.07) is 0. The van der Waals surface area contributed by atoms with Crippen LogP contribution in [0.3, 0.4) is 0 Å². The minimum Gasteiger partial charge on any atom is -0.393 e. The molecule has 0 saturated carbocycles. The number of hydrogen-bond acceptors (Lipinski definition) is 19. The van der Waals surface area contributed by atoms with E-state index in [0.717, 1.165) is 29.0 Å². The molecule has 313 valence electrons. The van der Waals surface area contributed by atoms with E-state index < -0.39 is 96.6 Å². The van der Waals surface area contributed by atoms with E-state index in [4.69, 9.17) is 19.5 Å². The second-order valence-electron chi connectivity index (χ2n) is 12.8. The third-order valence-corrected chi connectivity index (χ3v) is 12.0. The summed E-state index contributed by atoms with van der Waals surface area (Å²) in [5.74, 6) is -1.84. The van der Waals surface area contributed by atoms with Gasteiger partial charge in [0.1, 0.15) is 36.3 Å². The number of hydrogen-bond donors (Lipinski definition) is 10. The van der Waals surface area contributed by atoms with Gasteiger partial charge in [-0.25, -0.2) is 28.6 Å². The molecule has 2 amide bonds. The largest absolute Gasteiger partial charge is 0.481 e. The van der Waals surface area contributed by atoms with Crippen LogP contribution in [-0.4, -0.2) is 163 Å². The van der Waals surface area contributed by atoms with E-state index in [-0.39, 0.29) is 76.9 Å². The van der Waals surface area contributed by atoms with E-state index in [2.05, 4.69) is 34.4 Å². The predicted octanol–water partition coefficient (Wildman–Crippen LogP) is -1.70. The molecule has 3 heterocycles. The van der Waals surface area contributed by atoms with E-state index in [1.807, 2.05) is 0 Å². The molecular formula is C26H44N7NaO18P3S. The minimum atomic E-state index is -5.58. The maximum Gasteiger partial charge on any atom is 0.481 e. The number of carbonyl (C=O) groups is 3. The molecular weight excluding hydrogens is 846 g/mol. The summed E-state index contributed by atoms with van der Waals surface area (Å²) in [6.45, 7) is 3.42. The molecule has 1 saturated heterocycles. The fourth-order valence-electron chi connectivity index (χ4n) is 4.61. The number of fused-ring (bicyclic) bond motifs is 1. The molecule has 30 heteroatoms. The fraction of sp³-hybridized carbons (Fsp3) is 0.692. The van der Waals surface area contributed by atoms with Crippen molar-refractivity contribution in [2.45, 2.75) is 70.9 Å². The standard InChI is InChI=1S/C26H44N7O18P3S.Na/c1-13(14(2)34)25(39)55-8-7-28-16(35)5-6-29-23(38)20(37)26(3,4)10-48-54(45,46)51-53(43,44)47-9-15-19(50-52(40,41)42)18(36)24(49-15)33-12-32-17-21(27)30-11-31-22(17)33;/h11-15,18-20,24,34,36-37H,5-10H2,1-4H3,(H,28,35)(H,29,38)(H,43,44)(H,45,46)(H2,27,30,31)(H2,40,41,42);/t13?,14?,15-,18-,19-,20+,24-;/m1./s1. The van der Waals surface area contributed by atoms with Gasteiger partial charge in [0, 0.05) is 60.2 Å². The van der Waals surface area contributed by atoms with Crippen molar-refractivity contribution in [2.24, 2.45) is 11.3 Å². The van der Waals surface area contributed by atoms with Crippen LogP contribution >= 0.6 is 35.2 Å². The number of rotatable bonds is 21. The van der Waals surface area contributed by atoms with Crippen LogP contribution in [0.2, 0.25) is 0 Å². The SMILES string of the molecule is CC(O)C(C)C(=O)SCCNC(=O)CCNC(=O)[C@H](O)C(C)(C)COP(=O)(O)OP(=O)(O)OC[C@H]1O[C@@H](n2cnc3c(N)ncnc32)[C@H](O)[C@@H]1OP(=O)(O)O.[Na]. The monoisotopic (exact) mass is 890 g/mol. The zero-order valence-corrected chi connectivity index (χ0v) is 36.2. The van der Waals surface area contributed by atoms with Gasteiger partial charge >= 0.3 is 23.5 Å². The van der Waals surface area contributed by atoms with Crippen molar-refractivity contribution in [3.05, 3.63) is 12.7 Å². The molecule has 1 aliphatic heterocycles. The summed E-state index contributed by atoms with van der Waals surface area (Å²) in [5, 5.41) is 35.5. The number of nitrogens with two attached hydrogens (primary N) is 1. The van der Waals surface area contributed by atoms with Gasteiger partial charge in [-0.3, -0.25) is 32.5 Å². The summed E-state index contributed by atoms with van der Waals surface area (Å²) in [4.78, 5) is 87.3. The van der Waals surface area contributed by atoms with Gasteiger partial charge in [-0.1, -0.05) is 32.5 Å². The molecule has 0 aromatic carbocycles. The van der Waals surface area contributed by atoms with Crippen LogP contribution < -0.4 is 16.4 Å². The number of nitrogens with zero attached hydrogens (tertiary/aromatic N) is 4. The minimum absolute atomic E-state index is 0. The van der Waals surface area contributed by atoms with Gasteiger partial charge in [-0.05, 0) is 6.92 Å². The van der Waals surface area contributed by atoms with Crippen molar-refractivity contribution in [3.63, 3.8) is 0 Å². The zero-order valence-electron chi connectivity index (χ0n) is 30.7. The predicted molar refractivity (Wildman–Crippen MR) is 194 cm³/mol. The van der Waals surface area contributed by atoms with Crippen molar-refractivity contribution in [3.8, 4) is 0 Å². The van der Waals surface area contributed by atoms with Gasteiger partial charge in [-0.2, -0.15) is 4.31 Å². The number of phosphoric ester groups is 3. The second-order valence-corrected chi connectivity index (χ2v) is 18.1. The summed E-state index contributed by atoms with van der Waals surface area (Å²) in [6.07, 6.45) is -7.81. The molecule has 1 radical (unpaired) electrons. The molecule has 9 atom stereocenters. The Morgan fingerprint density at radius 2 is 1.68 bits per heavy atom. The number of aromatic nitrogens is 4. The summed E-state index contributed by atoms with van der Waals surface area (Å²) >= 11 is 0.947. The topological polar surface area (TPSA) is 384 Å². The first-order valence-corrected chi connectivity index (χ1v) is 21.6. The number of thioether (sulfide) groups is 1. The quantitative estimate of drug-likeness (QED) is 0.0379. The van der Waals surface area contributed by atoms with Crippen LogP contribution in [0.5, 0.6) is 0 Å². The molecule has 2 aromatic rings. The number of aliphatic hydroxyl groups is 3. The van der Waals surface area contributed by atoms with Gasteiger partial charge in [0.2, 0.25) is 11.8 Å². The number of nitrogen functional groups attached to an aromatic ring is 1. The number of phosphoric acid groups is 3.